The van der Waals surface area contributed by atoms with Gasteiger partial charge in [-0.05, 0) is 32.5 Å². The second-order valence-electron chi connectivity index (χ2n) is 6.84. The zero-order valence-corrected chi connectivity index (χ0v) is 14.2. The Hall–Kier alpha value is -0.850. The summed E-state index contributed by atoms with van der Waals surface area (Å²) in [4.78, 5) is 9.07. The zero-order valence-electron chi connectivity index (χ0n) is 14.2. The third kappa shape index (κ3) is 8.90. The summed E-state index contributed by atoms with van der Waals surface area (Å²) in [5.74, 6) is 0.559. The third-order valence-electron chi connectivity index (χ3n) is 3.48. The zero-order chi connectivity index (χ0) is 15.7. The van der Waals surface area contributed by atoms with Crippen molar-refractivity contribution in [3.63, 3.8) is 0 Å². The number of morpholine rings is 1. The second-order valence-corrected chi connectivity index (χ2v) is 6.84. The fourth-order valence-corrected chi connectivity index (χ4v) is 2.61. The monoisotopic (exact) mass is 299 g/mol. The maximum absolute atomic E-state index is 5.92. The Labute approximate surface area is 129 Å². The number of guanidine groups is 1. The molecule has 6 nitrogen and oxygen atoms in total. The van der Waals surface area contributed by atoms with Gasteiger partial charge in [0.25, 0.3) is 0 Å². The van der Waals surface area contributed by atoms with Crippen molar-refractivity contribution < 1.29 is 4.74 Å². The lowest BCUT2D eigenvalue weighted by atomic mass is 9.93. The lowest BCUT2D eigenvalue weighted by Gasteiger charge is -2.27. The molecule has 0 saturated carbocycles. The van der Waals surface area contributed by atoms with E-state index in [2.05, 4.69) is 48.1 Å². The molecule has 6 heteroatoms. The molecule has 1 rings (SSSR count). The van der Waals surface area contributed by atoms with E-state index >= 15 is 0 Å². The first-order chi connectivity index (χ1) is 9.89. The average molecular weight is 299 g/mol. The minimum absolute atomic E-state index is 0.142. The molecule has 0 aliphatic carbocycles. The molecule has 0 spiro atoms. The molecule has 0 atom stereocenters. The van der Waals surface area contributed by atoms with Gasteiger partial charge < -0.3 is 20.7 Å². The Morgan fingerprint density at radius 3 is 2.62 bits per heavy atom. The van der Waals surface area contributed by atoms with Crippen LogP contribution in [0.15, 0.2) is 4.99 Å². The van der Waals surface area contributed by atoms with Gasteiger partial charge in [0.2, 0.25) is 0 Å². The largest absolute Gasteiger partial charge is 0.379 e. The van der Waals surface area contributed by atoms with Crippen LogP contribution in [0.5, 0.6) is 0 Å². The highest BCUT2D eigenvalue weighted by molar-refractivity contribution is 5.77. The van der Waals surface area contributed by atoms with Crippen LogP contribution in [-0.4, -0.2) is 82.3 Å². The SMILES string of the molecule is CN(C)CC(C)(C)CN=C(N)NCCCN1CCOCC1. The van der Waals surface area contributed by atoms with Crippen LogP contribution < -0.4 is 11.1 Å². The van der Waals surface area contributed by atoms with Gasteiger partial charge in [-0.1, -0.05) is 13.8 Å². The molecule has 0 unspecified atom stereocenters. The van der Waals surface area contributed by atoms with Gasteiger partial charge in [-0.25, -0.2) is 0 Å². The Balaban J connectivity index is 2.14. The van der Waals surface area contributed by atoms with Crippen LogP contribution in [0.4, 0.5) is 0 Å². The van der Waals surface area contributed by atoms with E-state index in [0.717, 1.165) is 58.9 Å². The molecule has 0 aromatic rings. The summed E-state index contributed by atoms with van der Waals surface area (Å²) in [5.41, 5.74) is 6.07. The Morgan fingerprint density at radius 1 is 1.33 bits per heavy atom. The van der Waals surface area contributed by atoms with E-state index in [1.807, 2.05) is 0 Å². The summed E-state index contributed by atoms with van der Waals surface area (Å²) in [7, 11) is 4.16. The molecule has 0 radical (unpaired) electrons. The predicted molar refractivity (Wildman–Crippen MR) is 88.7 cm³/mol. The lowest BCUT2D eigenvalue weighted by Crippen LogP contribution is -2.39. The van der Waals surface area contributed by atoms with Crippen molar-refractivity contribution in [1.82, 2.24) is 15.1 Å². The van der Waals surface area contributed by atoms with Gasteiger partial charge in [-0.3, -0.25) is 9.89 Å². The Kier molecular flexibility index (Phi) is 8.00. The molecule has 1 fully saturated rings. The van der Waals surface area contributed by atoms with Crippen molar-refractivity contribution in [3.8, 4) is 0 Å². The smallest absolute Gasteiger partial charge is 0.188 e. The first-order valence-corrected chi connectivity index (χ1v) is 7.88. The number of hydrogen-bond acceptors (Lipinski definition) is 4. The number of nitrogens with zero attached hydrogens (tertiary/aromatic N) is 3. The summed E-state index contributed by atoms with van der Waals surface area (Å²) in [6, 6.07) is 0. The second kappa shape index (κ2) is 9.23. The van der Waals surface area contributed by atoms with Crippen LogP contribution in [0.25, 0.3) is 0 Å². The first kappa shape index (κ1) is 18.2. The molecule has 0 amide bonds. The molecule has 1 aliphatic rings. The molecule has 0 aromatic heterocycles. The van der Waals surface area contributed by atoms with Gasteiger partial charge in [-0.2, -0.15) is 0 Å². The quantitative estimate of drug-likeness (QED) is 0.381. The molecule has 1 saturated heterocycles. The van der Waals surface area contributed by atoms with Crippen LogP contribution >= 0.6 is 0 Å². The molecule has 21 heavy (non-hydrogen) atoms. The van der Waals surface area contributed by atoms with Crippen LogP contribution in [0.1, 0.15) is 20.3 Å². The summed E-state index contributed by atoms with van der Waals surface area (Å²) >= 11 is 0. The van der Waals surface area contributed by atoms with E-state index in [0.29, 0.717) is 5.96 Å². The molecule has 0 aromatic carbocycles. The van der Waals surface area contributed by atoms with Crippen LogP contribution in [-0.2, 0) is 4.74 Å². The van der Waals surface area contributed by atoms with Crippen molar-refractivity contribution in [2.45, 2.75) is 20.3 Å². The van der Waals surface area contributed by atoms with Crippen molar-refractivity contribution in [3.05, 3.63) is 0 Å². The predicted octanol–water partition coefficient (Wildman–Crippen LogP) is 0.201. The minimum Gasteiger partial charge on any atom is -0.379 e. The lowest BCUT2D eigenvalue weighted by molar-refractivity contribution is 0.0376. The maximum Gasteiger partial charge on any atom is 0.188 e. The van der Waals surface area contributed by atoms with E-state index in [4.69, 9.17) is 10.5 Å². The number of nitrogens with two attached hydrogens (primary N) is 1. The van der Waals surface area contributed by atoms with E-state index in [1.165, 1.54) is 0 Å². The van der Waals surface area contributed by atoms with Gasteiger partial charge in [0.15, 0.2) is 5.96 Å². The van der Waals surface area contributed by atoms with Gasteiger partial charge >= 0.3 is 0 Å². The fourth-order valence-electron chi connectivity index (χ4n) is 2.61. The normalized spacial score (nSPS) is 18.2. The van der Waals surface area contributed by atoms with E-state index in [-0.39, 0.29) is 5.41 Å². The van der Waals surface area contributed by atoms with Crippen molar-refractivity contribution >= 4 is 5.96 Å². The van der Waals surface area contributed by atoms with Crippen LogP contribution in [0, 0.1) is 5.41 Å². The molecule has 0 bridgehead atoms. The minimum atomic E-state index is 0.142. The molecule has 3 N–H and O–H groups in total. The van der Waals surface area contributed by atoms with Crippen LogP contribution in [0.3, 0.4) is 0 Å². The highest BCUT2D eigenvalue weighted by atomic mass is 16.5. The Morgan fingerprint density at radius 2 is 2.00 bits per heavy atom. The molecule has 124 valence electrons. The maximum atomic E-state index is 5.92. The van der Waals surface area contributed by atoms with Crippen molar-refractivity contribution in [1.29, 1.82) is 0 Å². The highest BCUT2D eigenvalue weighted by Gasteiger charge is 2.18. The van der Waals surface area contributed by atoms with Gasteiger partial charge in [0, 0.05) is 32.7 Å². The summed E-state index contributed by atoms with van der Waals surface area (Å²) in [5, 5.41) is 3.20. The molecular weight excluding hydrogens is 266 g/mol. The summed E-state index contributed by atoms with van der Waals surface area (Å²) < 4.78 is 5.34. The van der Waals surface area contributed by atoms with Crippen molar-refractivity contribution in [2.75, 3.05) is 66.6 Å². The molecular formula is C15H33N5O. The summed E-state index contributed by atoms with van der Waals surface area (Å²) in [6.07, 6.45) is 1.08. The van der Waals surface area contributed by atoms with Gasteiger partial charge in [0.1, 0.15) is 0 Å². The standard InChI is InChI=1S/C15H33N5O/c1-15(2,13-19(3)4)12-18-14(16)17-6-5-7-20-8-10-21-11-9-20/h5-13H2,1-4H3,(H3,16,17,18). The average Bonchev–Trinajstić information content (AvgIpc) is 2.41. The topological polar surface area (TPSA) is 66.1 Å². The van der Waals surface area contributed by atoms with E-state index in [1.54, 1.807) is 0 Å². The third-order valence-corrected chi connectivity index (χ3v) is 3.48. The molecule has 1 aliphatic heterocycles. The van der Waals surface area contributed by atoms with E-state index < -0.39 is 0 Å². The first-order valence-electron chi connectivity index (χ1n) is 7.88. The summed E-state index contributed by atoms with van der Waals surface area (Å²) in [6.45, 7) is 11.9. The number of rotatable bonds is 8. The molecule has 1 heterocycles. The highest BCUT2D eigenvalue weighted by Crippen LogP contribution is 2.15. The van der Waals surface area contributed by atoms with E-state index in [9.17, 15) is 0 Å². The number of ether oxygens (including phenoxy) is 1. The number of aliphatic imine (C=N–C) groups is 1. The Bertz CT molecular complexity index is 311. The van der Waals surface area contributed by atoms with Crippen LogP contribution in [0.2, 0.25) is 0 Å². The van der Waals surface area contributed by atoms with Crippen molar-refractivity contribution in [2.24, 2.45) is 16.1 Å². The number of hydrogen-bond donors (Lipinski definition) is 2. The number of nitrogens with one attached hydrogen (secondary N) is 1. The fraction of sp³-hybridized carbons (Fsp3) is 0.933. The van der Waals surface area contributed by atoms with Gasteiger partial charge in [-0.15, -0.1) is 0 Å². The van der Waals surface area contributed by atoms with Gasteiger partial charge in [0.05, 0.1) is 13.2 Å².